The number of halogens is 1. The van der Waals surface area contributed by atoms with Crippen LogP contribution in [-0.4, -0.2) is 53.5 Å². The number of amides is 3. The first kappa shape index (κ1) is 22.3. The van der Waals surface area contributed by atoms with Crippen LogP contribution in [0.4, 0.5) is 4.79 Å². The van der Waals surface area contributed by atoms with Gasteiger partial charge in [0, 0.05) is 31.7 Å². The van der Waals surface area contributed by atoms with E-state index in [4.69, 9.17) is 0 Å². The lowest BCUT2D eigenvalue weighted by atomic mass is 9.79. The lowest BCUT2D eigenvalue weighted by Crippen LogP contribution is -2.55. The minimum Gasteiger partial charge on any atom is -0.351 e. The number of nitrogens with one attached hydrogen (secondary N) is 3. The van der Waals surface area contributed by atoms with E-state index in [1.165, 1.54) is 5.39 Å². The number of hydrogen-bond donors (Lipinski definition) is 3. The Morgan fingerprint density at radius 2 is 2.00 bits per heavy atom. The molecular formula is C21H27IN6O2. The summed E-state index contributed by atoms with van der Waals surface area (Å²) >= 11 is 0. The number of imide groups is 1. The molecule has 3 amide bonds. The number of carbonyl (C=O) groups is 2. The van der Waals surface area contributed by atoms with Crippen LogP contribution in [0.5, 0.6) is 0 Å². The number of piperidine rings is 1. The fraction of sp³-hybridized carbons (Fsp3) is 0.429. The van der Waals surface area contributed by atoms with Crippen molar-refractivity contribution in [2.75, 3.05) is 20.1 Å². The van der Waals surface area contributed by atoms with Crippen molar-refractivity contribution >= 4 is 52.6 Å². The summed E-state index contributed by atoms with van der Waals surface area (Å²) in [4.78, 5) is 34.9. The van der Waals surface area contributed by atoms with E-state index in [0.717, 1.165) is 43.0 Å². The maximum absolute atomic E-state index is 12.2. The largest absolute Gasteiger partial charge is 0.351 e. The van der Waals surface area contributed by atoms with Gasteiger partial charge >= 0.3 is 6.03 Å². The molecule has 160 valence electrons. The van der Waals surface area contributed by atoms with Crippen LogP contribution in [0.2, 0.25) is 0 Å². The molecule has 3 N–H and O–H groups in total. The molecule has 3 heterocycles. The van der Waals surface area contributed by atoms with E-state index in [1.54, 1.807) is 7.05 Å². The lowest BCUT2D eigenvalue weighted by Gasteiger charge is -2.39. The molecule has 0 bridgehead atoms. The van der Waals surface area contributed by atoms with Crippen LogP contribution < -0.4 is 16.0 Å². The van der Waals surface area contributed by atoms with E-state index in [-0.39, 0.29) is 35.8 Å². The molecular weight excluding hydrogens is 495 g/mol. The van der Waals surface area contributed by atoms with Crippen LogP contribution in [0.25, 0.3) is 10.8 Å². The van der Waals surface area contributed by atoms with Crippen molar-refractivity contribution in [2.45, 2.75) is 31.8 Å². The molecule has 9 heteroatoms. The quantitative estimate of drug-likeness (QED) is 0.249. The van der Waals surface area contributed by atoms with E-state index in [0.29, 0.717) is 6.54 Å². The molecule has 1 unspecified atom stereocenters. The molecule has 30 heavy (non-hydrogen) atoms. The first-order valence-corrected chi connectivity index (χ1v) is 9.93. The highest BCUT2D eigenvalue weighted by molar-refractivity contribution is 14.0. The van der Waals surface area contributed by atoms with Crippen molar-refractivity contribution in [2.24, 2.45) is 10.9 Å². The van der Waals surface area contributed by atoms with Gasteiger partial charge in [-0.15, -0.1) is 24.0 Å². The Morgan fingerprint density at radius 1 is 1.27 bits per heavy atom. The van der Waals surface area contributed by atoms with E-state index < -0.39 is 11.6 Å². The number of aliphatic imine (C=N–C) groups is 1. The third kappa shape index (κ3) is 4.21. The van der Waals surface area contributed by atoms with Crippen molar-refractivity contribution in [3.05, 3.63) is 42.2 Å². The Kier molecular flexibility index (Phi) is 6.79. The molecule has 2 aliphatic rings. The van der Waals surface area contributed by atoms with Crippen LogP contribution in [0, 0.1) is 5.92 Å². The van der Waals surface area contributed by atoms with Gasteiger partial charge in [-0.05, 0) is 37.1 Å². The Labute approximate surface area is 192 Å². The number of urea groups is 1. The zero-order chi connectivity index (χ0) is 20.4. The van der Waals surface area contributed by atoms with E-state index in [2.05, 4.69) is 43.0 Å². The molecule has 0 aliphatic carbocycles. The second-order valence-corrected chi connectivity index (χ2v) is 7.75. The maximum Gasteiger partial charge on any atom is 0.322 e. The first-order chi connectivity index (χ1) is 14.0. The number of fused-ring (bicyclic) bond motifs is 1. The number of nitrogens with zero attached hydrogens (tertiary/aromatic N) is 3. The minimum absolute atomic E-state index is 0. The number of rotatable bonds is 3. The fourth-order valence-corrected chi connectivity index (χ4v) is 4.33. The maximum atomic E-state index is 12.2. The second-order valence-electron chi connectivity index (χ2n) is 7.75. The summed E-state index contributed by atoms with van der Waals surface area (Å²) in [7, 11) is 1.77. The van der Waals surface area contributed by atoms with E-state index in [9.17, 15) is 9.59 Å². The molecule has 0 radical (unpaired) electrons. The highest BCUT2D eigenvalue weighted by Gasteiger charge is 2.48. The summed E-state index contributed by atoms with van der Waals surface area (Å²) in [6.45, 7) is 3.94. The fourth-order valence-electron chi connectivity index (χ4n) is 4.33. The van der Waals surface area contributed by atoms with Gasteiger partial charge in [0.15, 0.2) is 5.96 Å². The van der Waals surface area contributed by atoms with Gasteiger partial charge in [-0.25, -0.2) is 4.79 Å². The van der Waals surface area contributed by atoms with Gasteiger partial charge in [0.2, 0.25) is 0 Å². The number of likely N-dealkylation sites (tertiary alicyclic amines) is 1. The molecule has 1 aromatic carbocycles. The summed E-state index contributed by atoms with van der Waals surface area (Å²) in [6, 6.07) is 9.81. The number of guanidine groups is 1. The molecule has 0 spiro atoms. The molecule has 0 saturated carbocycles. The third-order valence-corrected chi connectivity index (χ3v) is 6.06. The molecule has 1 aromatic heterocycles. The van der Waals surface area contributed by atoms with Crippen molar-refractivity contribution in [3.63, 3.8) is 0 Å². The van der Waals surface area contributed by atoms with Gasteiger partial charge < -0.3 is 15.5 Å². The highest BCUT2D eigenvalue weighted by atomic mass is 127. The number of aromatic nitrogens is 1. The molecule has 2 aromatic rings. The van der Waals surface area contributed by atoms with Gasteiger partial charge in [-0.1, -0.05) is 24.3 Å². The van der Waals surface area contributed by atoms with E-state index in [1.807, 2.05) is 31.3 Å². The average molecular weight is 522 g/mol. The standard InChI is InChI=1S/C21H26N6O2.HI/c1-21(18(28)25-20(29)26-21)15-8-11-27(12-9-15)19(22-2)24-13-17-16-6-4-3-5-14(16)7-10-23-17;/h3-7,10,15H,8-9,11-13H2,1-2H3,(H,22,24)(H2,25,26,28,29);1H. The number of pyridine rings is 1. The third-order valence-electron chi connectivity index (χ3n) is 6.06. The van der Waals surface area contributed by atoms with Crippen molar-refractivity contribution in [1.29, 1.82) is 0 Å². The van der Waals surface area contributed by atoms with E-state index >= 15 is 0 Å². The molecule has 4 rings (SSSR count). The summed E-state index contributed by atoms with van der Waals surface area (Å²) in [5, 5.41) is 10.9. The SMILES string of the molecule is CN=C(NCc1nccc2ccccc12)N1CCC(C2(C)NC(=O)NC2=O)CC1.I. The lowest BCUT2D eigenvalue weighted by molar-refractivity contribution is -0.125. The average Bonchev–Trinajstić information content (AvgIpc) is 3.01. The summed E-state index contributed by atoms with van der Waals surface area (Å²) in [6.07, 6.45) is 3.43. The first-order valence-electron chi connectivity index (χ1n) is 9.93. The van der Waals surface area contributed by atoms with Gasteiger partial charge in [0.25, 0.3) is 5.91 Å². The summed E-state index contributed by atoms with van der Waals surface area (Å²) in [5.41, 5.74) is 0.157. The topological polar surface area (TPSA) is 98.7 Å². The van der Waals surface area contributed by atoms with Crippen molar-refractivity contribution in [1.82, 2.24) is 25.8 Å². The smallest absolute Gasteiger partial charge is 0.322 e. The zero-order valence-corrected chi connectivity index (χ0v) is 19.5. The van der Waals surface area contributed by atoms with Crippen molar-refractivity contribution in [3.8, 4) is 0 Å². The second kappa shape index (κ2) is 9.15. The predicted octanol–water partition coefficient (Wildman–Crippen LogP) is 2.24. The van der Waals surface area contributed by atoms with Gasteiger partial charge in [-0.2, -0.15) is 0 Å². The van der Waals surface area contributed by atoms with Crippen LogP contribution in [-0.2, 0) is 11.3 Å². The highest BCUT2D eigenvalue weighted by Crippen LogP contribution is 2.30. The Bertz CT molecular complexity index is 968. The van der Waals surface area contributed by atoms with Crippen LogP contribution in [0.1, 0.15) is 25.5 Å². The Hall–Kier alpha value is -2.43. The van der Waals surface area contributed by atoms with Gasteiger partial charge in [-0.3, -0.25) is 20.1 Å². The zero-order valence-electron chi connectivity index (χ0n) is 17.1. The molecule has 2 saturated heterocycles. The van der Waals surface area contributed by atoms with Crippen LogP contribution in [0.3, 0.4) is 0 Å². The molecule has 2 aliphatic heterocycles. The molecule has 2 fully saturated rings. The minimum atomic E-state index is -0.826. The number of carbonyl (C=O) groups excluding carboxylic acids is 2. The molecule has 1 atom stereocenters. The van der Waals surface area contributed by atoms with Crippen molar-refractivity contribution < 1.29 is 9.59 Å². The molecule has 8 nitrogen and oxygen atoms in total. The normalized spacial score (nSPS) is 22.5. The Morgan fingerprint density at radius 3 is 2.67 bits per heavy atom. The van der Waals surface area contributed by atoms with Crippen LogP contribution in [0.15, 0.2) is 41.5 Å². The number of benzene rings is 1. The number of hydrogen-bond acceptors (Lipinski definition) is 4. The summed E-state index contributed by atoms with van der Waals surface area (Å²) < 4.78 is 0. The Balaban J connectivity index is 0.00000256. The van der Waals surface area contributed by atoms with Gasteiger partial charge in [0.1, 0.15) is 5.54 Å². The summed E-state index contributed by atoms with van der Waals surface area (Å²) in [5.74, 6) is 0.691. The monoisotopic (exact) mass is 522 g/mol. The predicted molar refractivity (Wildman–Crippen MR) is 127 cm³/mol. The van der Waals surface area contributed by atoms with Gasteiger partial charge in [0.05, 0.1) is 12.2 Å². The van der Waals surface area contributed by atoms with Crippen LogP contribution >= 0.6 is 24.0 Å².